The van der Waals surface area contributed by atoms with Crippen LogP contribution < -0.4 is 4.80 Å². The van der Waals surface area contributed by atoms with Crippen LogP contribution in [-0.4, -0.2) is 13.0 Å². The predicted octanol–water partition coefficient (Wildman–Crippen LogP) is 4.14. The summed E-state index contributed by atoms with van der Waals surface area (Å²) in [6.45, 7) is 1.89. The first-order valence-electron chi connectivity index (χ1n) is 6.61. The molecule has 0 saturated carbocycles. The van der Waals surface area contributed by atoms with E-state index in [0.717, 1.165) is 10.3 Å². The molecule has 0 saturated heterocycles. The van der Waals surface area contributed by atoms with Crippen molar-refractivity contribution in [3.8, 4) is 0 Å². The highest BCUT2D eigenvalue weighted by atomic mass is 35.5. The number of aryl methyl sites for hydroxylation is 2. The van der Waals surface area contributed by atoms with Crippen LogP contribution in [-0.2, 0) is 17.1 Å². The van der Waals surface area contributed by atoms with E-state index in [9.17, 15) is 8.42 Å². The molecule has 3 aromatic rings. The highest BCUT2D eigenvalue weighted by Gasteiger charge is 2.15. The molecule has 0 unspecified atom stereocenters. The lowest BCUT2D eigenvalue weighted by atomic mass is 10.2. The van der Waals surface area contributed by atoms with Gasteiger partial charge < -0.3 is 4.57 Å². The highest BCUT2D eigenvalue weighted by molar-refractivity contribution is 7.90. The zero-order valence-corrected chi connectivity index (χ0v) is 15.4. The maximum absolute atomic E-state index is 12.5. The second kappa shape index (κ2) is 5.94. The van der Waals surface area contributed by atoms with Gasteiger partial charge in [0.1, 0.15) is 0 Å². The van der Waals surface area contributed by atoms with Crippen LogP contribution in [0.2, 0.25) is 10.0 Å². The van der Waals surface area contributed by atoms with E-state index >= 15 is 0 Å². The van der Waals surface area contributed by atoms with Crippen LogP contribution in [0.25, 0.3) is 10.2 Å². The number of hydrogen-bond acceptors (Lipinski definition) is 3. The van der Waals surface area contributed by atoms with Crippen molar-refractivity contribution in [3.63, 3.8) is 0 Å². The van der Waals surface area contributed by atoms with Gasteiger partial charge in [-0.1, -0.05) is 52.2 Å². The number of halogens is 2. The van der Waals surface area contributed by atoms with Gasteiger partial charge in [0.05, 0.1) is 25.2 Å². The Labute approximate surface area is 147 Å². The Balaban J connectivity index is 2.23. The van der Waals surface area contributed by atoms with E-state index in [-0.39, 0.29) is 4.90 Å². The highest BCUT2D eigenvalue weighted by Crippen LogP contribution is 2.31. The summed E-state index contributed by atoms with van der Waals surface area (Å²) in [6.07, 6.45) is 0. The fourth-order valence-corrected chi connectivity index (χ4v) is 4.88. The van der Waals surface area contributed by atoms with Gasteiger partial charge in [0, 0.05) is 7.05 Å². The molecular weight excluding hydrogens is 375 g/mol. The number of sulfonamides is 1. The van der Waals surface area contributed by atoms with Gasteiger partial charge in [-0.3, -0.25) is 0 Å². The third-order valence-electron chi connectivity index (χ3n) is 3.37. The standard InChI is InChI=1S/C15H12Cl2N2O2S2/c1-9-3-5-10(6-4-9)23(20,21)18-15-19(2)14-12(22-15)8-7-11(16)13(14)17/h3-8H,1-2H3. The largest absolute Gasteiger partial charge is 0.318 e. The quantitative estimate of drug-likeness (QED) is 0.664. The first kappa shape index (κ1) is 16.5. The van der Waals surface area contributed by atoms with Crippen LogP contribution in [0.1, 0.15) is 5.56 Å². The first-order valence-corrected chi connectivity index (χ1v) is 9.62. The topological polar surface area (TPSA) is 51.4 Å². The lowest BCUT2D eigenvalue weighted by Crippen LogP contribution is -2.13. The number of rotatable bonds is 2. The second-order valence-corrected chi connectivity index (χ2v) is 8.43. The summed E-state index contributed by atoms with van der Waals surface area (Å²) in [4.78, 5) is 0.495. The molecule has 0 aliphatic rings. The summed E-state index contributed by atoms with van der Waals surface area (Å²) in [5.74, 6) is 0. The van der Waals surface area contributed by atoms with Crippen LogP contribution >= 0.6 is 34.5 Å². The van der Waals surface area contributed by atoms with Crippen molar-refractivity contribution >= 4 is 54.8 Å². The third-order valence-corrected chi connectivity index (χ3v) is 6.66. The maximum atomic E-state index is 12.5. The number of nitrogens with zero attached hydrogens (tertiary/aromatic N) is 2. The molecule has 4 nitrogen and oxygen atoms in total. The predicted molar refractivity (Wildman–Crippen MR) is 94.7 cm³/mol. The van der Waals surface area contributed by atoms with E-state index in [1.54, 1.807) is 48.0 Å². The number of benzene rings is 2. The molecule has 0 spiro atoms. The Morgan fingerprint density at radius 1 is 1.09 bits per heavy atom. The van der Waals surface area contributed by atoms with Gasteiger partial charge in [0.15, 0.2) is 0 Å². The van der Waals surface area contributed by atoms with Crippen molar-refractivity contribution in [2.45, 2.75) is 11.8 Å². The van der Waals surface area contributed by atoms with Gasteiger partial charge >= 0.3 is 0 Å². The van der Waals surface area contributed by atoms with Crippen molar-refractivity contribution in [2.24, 2.45) is 11.4 Å². The number of aromatic nitrogens is 1. The Bertz CT molecular complexity index is 1070. The molecule has 0 aliphatic carbocycles. The van der Waals surface area contributed by atoms with E-state index in [4.69, 9.17) is 23.2 Å². The van der Waals surface area contributed by atoms with E-state index in [2.05, 4.69) is 4.40 Å². The minimum atomic E-state index is -3.78. The summed E-state index contributed by atoms with van der Waals surface area (Å²) in [5.41, 5.74) is 1.65. The Morgan fingerprint density at radius 2 is 1.74 bits per heavy atom. The maximum Gasteiger partial charge on any atom is 0.285 e. The summed E-state index contributed by atoms with van der Waals surface area (Å²) < 4.78 is 31.3. The molecule has 2 aromatic carbocycles. The number of fused-ring (bicyclic) bond motifs is 1. The normalized spacial score (nSPS) is 13.0. The summed E-state index contributed by atoms with van der Waals surface area (Å²) in [7, 11) is -2.07. The molecule has 0 bridgehead atoms. The van der Waals surface area contributed by atoms with Crippen LogP contribution in [0, 0.1) is 6.92 Å². The molecule has 8 heteroatoms. The molecule has 0 fully saturated rings. The van der Waals surface area contributed by atoms with Gasteiger partial charge in [-0.15, -0.1) is 4.40 Å². The monoisotopic (exact) mass is 386 g/mol. The Morgan fingerprint density at radius 3 is 2.39 bits per heavy atom. The Hall–Kier alpha value is -1.34. The molecule has 1 aromatic heterocycles. The van der Waals surface area contributed by atoms with Crippen LogP contribution in [0.4, 0.5) is 0 Å². The molecule has 120 valence electrons. The molecule has 0 N–H and O–H groups in total. The average molecular weight is 387 g/mol. The van der Waals surface area contributed by atoms with Crippen molar-refractivity contribution in [1.82, 2.24) is 4.57 Å². The number of hydrogen-bond donors (Lipinski definition) is 0. The summed E-state index contributed by atoms with van der Waals surface area (Å²) in [5, 5.41) is 0.803. The lowest BCUT2D eigenvalue weighted by Gasteiger charge is -2.01. The van der Waals surface area contributed by atoms with E-state index < -0.39 is 10.0 Å². The van der Waals surface area contributed by atoms with E-state index in [0.29, 0.717) is 20.4 Å². The number of thiazole rings is 1. The van der Waals surface area contributed by atoms with Crippen molar-refractivity contribution in [1.29, 1.82) is 0 Å². The minimum absolute atomic E-state index is 0.157. The molecule has 0 radical (unpaired) electrons. The Kier molecular flexibility index (Phi) is 4.27. The van der Waals surface area contributed by atoms with Crippen molar-refractivity contribution < 1.29 is 8.42 Å². The van der Waals surface area contributed by atoms with Crippen LogP contribution in [0.15, 0.2) is 45.7 Å². The van der Waals surface area contributed by atoms with Crippen LogP contribution in [0.5, 0.6) is 0 Å². The smallest absolute Gasteiger partial charge is 0.285 e. The van der Waals surface area contributed by atoms with E-state index in [1.165, 1.54) is 11.3 Å². The SMILES string of the molecule is Cc1ccc(S(=O)(=O)N=c2sc3ccc(Cl)c(Cl)c3n2C)cc1. The van der Waals surface area contributed by atoms with Gasteiger partial charge in [-0.2, -0.15) is 8.42 Å². The van der Waals surface area contributed by atoms with Gasteiger partial charge in [0.25, 0.3) is 10.0 Å². The lowest BCUT2D eigenvalue weighted by molar-refractivity contribution is 0.596. The zero-order chi connectivity index (χ0) is 16.8. The summed E-state index contributed by atoms with van der Waals surface area (Å²) in [6, 6.07) is 10.1. The van der Waals surface area contributed by atoms with Gasteiger partial charge in [-0.25, -0.2) is 0 Å². The molecule has 1 heterocycles. The van der Waals surface area contributed by atoms with Crippen molar-refractivity contribution in [2.75, 3.05) is 0 Å². The molecule has 0 atom stereocenters. The zero-order valence-electron chi connectivity index (χ0n) is 12.2. The second-order valence-electron chi connectivity index (χ2n) is 5.03. The average Bonchev–Trinajstić information content (AvgIpc) is 2.80. The van der Waals surface area contributed by atoms with Gasteiger partial charge in [0.2, 0.25) is 4.80 Å². The molecule has 0 amide bonds. The fraction of sp³-hybridized carbons (Fsp3) is 0.133. The molecular formula is C15H12Cl2N2O2S2. The summed E-state index contributed by atoms with van der Waals surface area (Å²) >= 11 is 13.5. The fourth-order valence-electron chi connectivity index (χ4n) is 2.13. The first-order chi connectivity index (χ1) is 10.8. The molecule has 0 aliphatic heterocycles. The third kappa shape index (κ3) is 3.04. The van der Waals surface area contributed by atoms with Crippen LogP contribution in [0.3, 0.4) is 0 Å². The van der Waals surface area contributed by atoms with E-state index in [1.807, 2.05) is 6.92 Å². The minimum Gasteiger partial charge on any atom is -0.318 e. The molecule has 23 heavy (non-hydrogen) atoms. The van der Waals surface area contributed by atoms with Gasteiger partial charge in [-0.05, 0) is 31.2 Å². The van der Waals surface area contributed by atoms with Crippen molar-refractivity contribution in [3.05, 3.63) is 56.8 Å². The molecule has 3 rings (SSSR count).